The van der Waals surface area contributed by atoms with Crippen molar-refractivity contribution in [2.45, 2.75) is 45.1 Å². The zero-order chi connectivity index (χ0) is 16.3. The number of nitrogens with zero attached hydrogens (tertiary/aromatic N) is 3. The Labute approximate surface area is 131 Å². The second kappa shape index (κ2) is 12.0. The smallest absolute Gasteiger partial charge is 0.239 e. The van der Waals surface area contributed by atoms with Gasteiger partial charge in [-0.15, -0.1) is 0 Å². The lowest BCUT2D eigenvalue weighted by Crippen LogP contribution is -2.45. The maximum Gasteiger partial charge on any atom is 0.239 e. The van der Waals surface area contributed by atoms with E-state index in [4.69, 9.17) is 5.73 Å². The van der Waals surface area contributed by atoms with Crippen LogP contribution in [0.25, 0.3) is 0 Å². The van der Waals surface area contributed by atoms with E-state index in [0.717, 1.165) is 58.3 Å². The van der Waals surface area contributed by atoms with Gasteiger partial charge in [-0.25, -0.2) is 0 Å². The van der Waals surface area contributed by atoms with E-state index < -0.39 is 0 Å². The molecule has 0 radical (unpaired) electrons. The zero-order valence-electron chi connectivity index (χ0n) is 14.8. The average molecular weight is 300 g/mol. The van der Waals surface area contributed by atoms with Gasteiger partial charge in [0.2, 0.25) is 5.91 Å². The fourth-order valence-corrected chi connectivity index (χ4v) is 2.27. The van der Waals surface area contributed by atoms with E-state index in [-0.39, 0.29) is 11.9 Å². The summed E-state index contributed by atoms with van der Waals surface area (Å²) in [6, 6.07) is -0.330. The molecule has 0 aromatic rings. The van der Waals surface area contributed by atoms with Gasteiger partial charge in [0.05, 0.1) is 6.04 Å². The number of carbonyl (C=O) groups is 1. The SMILES string of the molecule is CCCC[C@H](N)C(=O)N(CCCN(C)C)CCCN(C)C. The fraction of sp³-hybridized carbons (Fsp3) is 0.938. The number of hydrogen-bond acceptors (Lipinski definition) is 4. The van der Waals surface area contributed by atoms with Gasteiger partial charge < -0.3 is 20.4 Å². The fourth-order valence-electron chi connectivity index (χ4n) is 2.27. The second-order valence-electron chi connectivity index (χ2n) is 6.39. The lowest BCUT2D eigenvalue weighted by Gasteiger charge is -2.27. The Kier molecular flexibility index (Phi) is 11.6. The molecule has 0 saturated heterocycles. The number of carbonyl (C=O) groups excluding carboxylic acids is 1. The van der Waals surface area contributed by atoms with Crippen LogP contribution in [-0.4, -0.2) is 81.0 Å². The first-order valence-electron chi connectivity index (χ1n) is 8.22. The predicted octanol–water partition coefficient (Wildman–Crippen LogP) is 1.24. The molecule has 0 heterocycles. The third-order valence-corrected chi connectivity index (χ3v) is 3.56. The Bertz CT molecular complexity index is 255. The molecule has 5 heteroatoms. The van der Waals surface area contributed by atoms with Gasteiger partial charge in [-0.05, 0) is 60.5 Å². The molecule has 2 N–H and O–H groups in total. The summed E-state index contributed by atoms with van der Waals surface area (Å²) in [4.78, 5) is 18.7. The van der Waals surface area contributed by atoms with E-state index in [2.05, 4.69) is 44.9 Å². The van der Waals surface area contributed by atoms with Crippen molar-refractivity contribution >= 4 is 5.91 Å². The Morgan fingerprint density at radius 2 is 1.38 bits per heavy atom. The van der Waals surface area contributed by atoms with E-state index in [1.807, 2.05) is 4.90 Å². The summed E-state index contributed by atoms with van der Waals surface area (Å²) in [5.74, 6) is 0.126. The first kappa shape index (κ1) is 20.3. The van der Waals surface area contributed by atoms with Crippen LogP contribution in [0.5, 0.6) is 0 Å². The Hall–Kier alpha value is -0.650. The number of hydrogen-bond donors (Lipinski definition) is 1. The molecule has 0 rings (SSSR count). The summed E-state index contributed by atoms with van der Waals surface area (Å²) in [6.45, 7) is 5.75. The van der Waals surface area contributed by atoms with Crippen LogP contribution in [-0.2, 0) is 4.79 Å². The molecule has 0 unspecified atom stereocenters. The third kappa shape index (κ3) is 10.7. The number of unbranched alkanes of at least 4 members (excludes halogenated alkanes) is 1. The highest BCUT2D eigenvalue weighted by molar-refractivity contribution is 5.81. The van der Waals surface area contributed by atoms with Crippen LogP contribution < -0.4 is 5.73 Å². The minimum atomic E-state index is -0.330. The van der Waals surface area contributed by atoms with Gasteiger partial charge in [0.25, 0.3) is 0 Å². The first-order chi connectivity index (χ1) is 9.88. The minimum absolute atomic E-state index is 0.126. The Morgan fingerprint density at radius 3 is 1.76 bits per heavy atom. The normalized spacial score (nSPS) is 13.0. The lowest BCUT2D eigenvalue weighted by atomic mass is 10.1. The van der Waals surface area contributed by atoms with E-state index in [1.165, 1.54) is 0 Å². The molecule has 126 valence electrons. The second-order valence-corrected chi connectivity index (χ2v) is 6.39. The molecule has 0 aliphatic heterocycles. The Balaban J connectivity index is 4.35. The van der Waals surface area contributed by atoms with E-state index >= 15 is 0 Å². The topological polar surface area (TPSA) is 52.8 Å². The molecular weight excluding hydrogens is 264 g/mol. The van der Waals surface area contributed by atoms with E-state index in [0.29, 0.717) is 0 Å². The summed E-state index contributed by atoms with van der Waals surface area (Å²) in [6.07, 6.45) is 4.91. The molecule has 0 aliphatic carbocycles. The average Bonchev–Trinajstić information content (AvgIpc) is 2.41. The van der Waals surface area contributed by atoms with Crippen molar-refractivity contribution in [3.8, 4) is 0 Å². The molecule has 0 spiro atoms. The maximum absolute atomic E-state index is 12.5. The molecule has 0 aromatic carbocycles. The van der Waals surface area contributed by atoms with Crippen molar-refractivity contribution in [2.24, 2.45) is 5.73 Å². The van der Waals surface area contributed by atoms with Crippen molar-refractivity contribution in [3.63, 3.8) is 0 Å². The lowest BCUT2D eigenvalue weighted by molar-refractivity contribution is -0.133. The molecule has 21 heavy (non-hydrogen) atoms. The molecule has 0 aromatic heterocycles. The van der Waals surface area contributed by atoms with Gasteiger partial charge in [-0.2, -0.15) is 0 Å². The number of rotatable bonds is 12. The molecule has 5 nitrogen and oxygen atoms in total. The molecule has 1 atom stereocenters. The van der Waals surface area contributed by atoms with Crippen LogP contribution in [0, 0.1) is 0 Å². The zero-order valence-corrected chi connectivity index (χ0v) is 14.8. The first-order valence-corrected chi connectivity index (χ1v) is 8.22. The minimum Gasteiger partial charge on any atom is -0.341 e. The van der Waals surface area contributed by atoms with Crippen molar-refractivity contribution in [3.05, 3.63) is 0 Å². The van der Waals surface area contributed by atoms with Crippen molar-refractivity contribution in [1.82, 2.24) is 14.7 Å². The van der Waals surface area contributed by atoms with Crippen LogP contribution in [0.1, 0.15) is 39.0 Å². The molecular formula is C16H36N4O. The third-order valence-electron chi connectivity index (χ3n) is 3.56. The van der Waals surface area contributed by atoms with Gasteiger partial charge in [-0.1, -0.05) is 19.8 Å². The van der Waals surface area contributed by atoms with Crippen LogP contribution >= 0.6 is 0 Å². The standard InChI is InChI=1S/C16H36N4O/c1-6-7-10-15(17)16(21)20(13-8-11-18(2)3)14-9-12-19(4)5/h15H,6-14,17H2,1-5H3/t15-/m0/s1. The van der Waals surface area contributed by atoms with Gasteiger partial charge in [0, 0.05) is 13.1 Å². The largest absolute Gasteiger partial charge is 0.341 e. The van der Waals surface area contributed by atoms with Crippen LogP contribution in [0.15, 0.2) is 0 Å². The van der Waals surface area contributed by atoms with Crippen molar-refractivity contribution < 1.29 is 4.79 Å². The van der Waals surface area contributed by atoms with Gasteiger partial charge in [0.1, 0.15) is 0 Å². The summed E-state index contributed by atoms with van der Waals surface area (Å²) in [5, 5.41) is 0. The monoisotopic (exact) mass is 300 g/mol. The van der Waals surface area contributed by atoms with Crippen molar-refractivity contribution in [2.75, 3.05) is 54.4 Å². The van der Waals surface area contributed by atoms with Crippen LogP contribution in [0.4, 0.5) is 0 Å². The highest BCUT2D eigenvalue weighted by Crippen LogP contribution is 2.05. The molecule has 0 bridgehead atoms. The summed E-state index contributed by atoms with van der Waals surface area (Å²) in [7, 11) is 8.24. The predicted molar refractivity (Wildman–Crippen MR) is 90.4 cm³/mol. The Morgan fingerprint density at radius 1 is 0.905 bits per heavy atom. The van der Waals surface area contributed by atoms with Crippen LogP contribution in [0.2, 0.25) is 0 Å². The van der Waals surface area contributed by atoms with Crippen LogP contribution in [0.3, 0.4) is 0 Å². The summed E-state index contributed by atoms with van der Waals surface area (Å²) >= 11 is 0. The van der Waals surface area contributed by atoms with E-state index in [9.17, 15) is 4.79 Å². The molecule has 0 saturated carbocycles. The van der Waals surface area contributed by atoms with Gasteiger partial charge in [0.15, 0.2) is 0 Å². The van der Waals surface area contributed by atoms with Gasteiger partial charge >= 0.3 is 0 Å². The molecule has 1 amide bonds. The highest BCUT2D eigenvalue weighted by atomic mass is 16.2. The number of nitrogens with two attached hydrogens (primary N) is 1. The number of amides is 1. The quantitative estimate of drug-likeness (QED) is 0.589. The summed E-state index contributed by atoms with van der Waals surface area (Å²) in [5.41, 5.74) is 6.06. The molecule has 0 aliphatic rings. The molecule has 0 fully saturated rings. The van der Waals surface area contributed by atoms with Crippen molar-refractivity contribution in [1.29, 1.82) is 0 Å². The van der Waals surface area contributed by atoms with Gasteiger partial charge in [-0.3, -0.25) is 4.79 Å². The maximum atomic E-state index is 12.5. The highest BCUT2D eigenvalue weighted by Gasteiger charge is 2.20. The van der Waals surface area contributed by atoms with E-state index in [1.54, 1.807) is 0 Å². The summed E-state index contributed by atoms with van der Waals surface area (Å²) < 4.78 is 0.